The maximum atomic E-state index is 8.77. The van der Waals surface area contributed by atoms with Crippen molar-refractivity contribution in [1.82, 2.24) is 10.1 Å². The molecule has 0 spiro atoms. The van der Waals surface area contributed by atoms with Gasteiger partial charge in [-0.25, -0.2) is 0 Å². The van der Waals surface area contributed by atoms with E-state index >= 15 is 0 Å². The van der Waals surface area contributed by atoms with Gasteiger partial charge in [0.15, 0.2) is 5.82 Å². The number of hydrogen-bond acceptors (Lipinski definition) is 4. The predicted molar refractivity (Wildman–Crippen MR) is 53.4 cm³/mol. The van der Waals surface area contributed by atoms with E-state index in [0.29, 0.717) is 5.89 Å². The topological polar surface area (TPSA) is 59.2 Å². The van der Waals surface area contributed by atoms with Crippen molar-refractivity contribution in [3.05, 3.63) is 34.6 Å². The van der Waals surface area contributed by atoms with Crippen molar-refractivity contribution in [1.29, 1.82) is 0 Å². The Labute approximate surface area is 88.7 Å². The number of hydrogen-bond donors (Lipinski definition) is 1. The second-order valence-electron chi connectivity index (χ2n) is 2.65. The Kier molecular flexibility index (Phi) is 2.60. The van der Waals surface area contributed by atoms with Crippen LogP contribution in [0.4, 0.5) is 0 Å². The first-order chi connectivity index (χ1) is 6.81. The number of benzene rings is 1. The summed E-state index contributed by atoms with van der Waals surface area (Å²) in [5, 5.41) is 12.4. The first-order valence-corrected chi connectivity index (χ1v) is 4.79. The normalized spacial score (nSPS) is 10.4. The number of aromatic nitrogens is 2. The second-order valence-corrected chi connectivity index (χ2v) is 3.51. The Morgan fingerprint density at radius 1 is 1.36 bits per heavy atom. The second kappa shape index (κ2) is 3.89. The summed E-state index contributed by atoms with van der Waals surface area (Å²) in [6.45, 7) is -0.214. The Balaban J connectivity index is 2.44. The van der Waals surface area contributed by atoms with Crippen molar-refractivity contribution >= 4 is 15.9 Å². The SMILES string of the molecule is OCc1noc(-c2ccccc2Br)n1. The lowest BCUT2D eigenvalue weighted by Crippen LogP contribution is -1.85. The highest BCUT2D eigenvalue weighted by molar-refractivity contribution is 9.10. The van der Waals surface area contributed by atoms with Crippen LogP contribution in [0, 0.1) is 0 Å². The van der Waals surface area contributed by atoms with Crippen molar-refractivity contribution in [2.45, 2.75) is 6.61 Å². The number of aliphatic hydroxyl groups is 1. The number of nitrogens with zero attached hydrogens (tertiary/aromatic N) is 2. The molecule has 0 aliphatic rings. The minimum absolute atomic E-state index is 0.214. The molecule has 0 radical (unpaired) electrons. The molecule has 0 saturated heterocycles. The molecule has 0 fully saturated rings. The zero-order valence-corrected chi connectivity index (χ0v) is 8.73. The summed E-state index contributed by atoms with van der Waals surface area (Å²) in [6.07, 6.45) is 0. The van der Waals surface area contributed by atoms with E-state index in [9.17, 15) is 0 Å². The van der Waals surface area contributed by atoms with Crippen LogP contribution in [0.15, 0.2) is 33.3 Å². The molecular weight excluding hydrogens is 248 g/mol. The maximum absolute atomic E-state index is 8.77. The molecule has 1 aromatic heterocycles. The van der Waals surface area contributed by atoms with Crippen LogP contribution in [0.1, 0.15) is 5.82 Å². The van der Waals surface area contributed by atoms with Gasteiger partial charge in [0.1, 0.15) is 6.61 Å². The fourth-order valence-corrected chi connectivity index (χ4v) is 1.52. The Bertz CT molecular complexity index is 442. The van der Waals surface area contributed by atoms with Gasteiger partial charge in [0.05, 0.1) is 5.56 Å². The molecular formula is C9H7BrN2O2. The van der Waals surface area contributed by atoms with E-state index in [0.717, 1.165) is 10.0 Å². The molecule has 1 aromatic carbocycles. The van der Waals surface area contributed by atoms with Gasteiger partial charge in [0.25, 0.3) is 5.89 Å². The summed E-state index contributed by atoms with van der Waals surface area (Å²) in [5.41, 5.74) is 0.819. The molecule has 0 bridgehead atoms. The van der Waals surface area contributed by atoms with Crippen molar-refractivity contribution in [2.24, 2.45) is 0 Å². The molecule has 5 heteroatoms. The quantitative estimate of drug-likeness (QED) is 0.891. The molecule has 72 valence electrons. The minimum Gasteiger partial charge on any atom is -0.388 e. The lowest BCUT2D eigenvalue weighted by atomic mass is 10.2. The monoisotopic (exact) mass is 254 g/mol. The fraction of sp³-hybridized carbons (Fsp3) is 0.111. The van der Waals surface area contributed by atoms with E-state index < -0.39 is 0 Å². The minimum atomic E-state index is -0.214. The van der Waals surface area contributed by atoms with E-state index in [1.54, 1.807) is 0 Å². The summed E-state index contributed by atoms with van der Waals surface area (Å²) in [7, 11) is 0. The van der Waals surface area contributed by atoms with Crippen molar-refractivity contribution in [3.63, 3.8) is 0 Å². The van der Waals surface area contributed by atoms with Crippen LogP contribution in [0.5, 0.6) is 0 Å². The van der Waals surface area contributed by atoms with Gasteiger partial charge in [-0.3, -0.25) is 0 Å². The lowest BCUT2D eigenvalue weighted by Gasteiger charge is -1.95. The molecule has 0 unspecified atom stereocenters. The van der Waals surface area contributed by atoms with Gasteiger partial charge < -0.3 is 9.63 Å². The van der Waals surface area contributed by atoms with Gasteiger partial charge in [0.2, 0.25) is 0 Å². The molecule has 4 nitrogen and oxygen atoms in total. The summed E-state index contributed by atoms with van der Waals surface area (Å²) < 4.78 is 5.85. The van der Waals surface area contributed by atoms with Crippen LogP contribution in [-0.4, -0.2) is 15.2 Å². The molecule has 1 N–H and O–H groups in total. The molecule has 2 aromatic rings. The highest BCUT2D eigenvalue weighted by Crippen LogP contribution is 2.26. The first kappa shape index (κ1) is 9.36. The van der Waals surface area contributed by atoms with Gasteiger partial charge in [0, 0.05) is 4.47 Å². The highest BCUT2D eigenvalue weighted by atomic mass is 79.9. The molecule has 0 aliphatic heterocycles. The molecule has 14 heavy (non-hydrogen) atoms. The maximum Gasteiger partial charge on any atom is 0.259 e. The average Bonchev–Trinajstić information content (AvgIpc) is 2.67. The van der Waals surface area contributed by atoms with E-state index in [1.165, 1.54) is 0 Å². The van der Waals surface area contributed by atoms with Gasteiger partial charge in [-0.05, 0) is 28.1 Å². The smallest absolute Gasteiger partial charge is 0.259 e. The van der Waals surface area contributed by atoms with E-state index in [2.05, 4.69) is 26.1 Å². The predicted octanol–water partition coefficient (Wildman–Crippen LogP) is 1.99. The van der Waals surface area contributed by atoms with Crippen LogP contribution < -0.4 is 0 Å². The molecule has 0 atom stereocenters. The van der Waals surface area contributed by atoms with Gasteiger partial charge in [-0.15, -0.1) is 0 Å². The number of aliphatic hydroxyl groups excluding tert-OH is 1. The van der Waals surface area contributed by atoms with Crippen LogP contribution in [0.3, 0.4) is 0 Å². The third kappa shape index (κ3) is 1.69. The van der Waals surface area contributed by atoms with Gasteiger partial charge in [-0.1, -0.05) is 17.3 Å². The Hall–Kier alpha value is -1.20. The van der Waals surface area contributed by atoms with Gasteiger partial charge >= 0.3 is 0 Å². The zero-order valence-electron chi connectivity index (χ0n) is 7.14. The van der Waals surface area contributed by atoms with Crippen LogP contribution in [0.2, 0.25) is 0 Å². The van der Waals surface area contributed by atoms with E-state index in [4.69, 9.17) is 9.63 Å². The van der Waals surface area contributed by atoms with Crippen LogP contribution >= 0.6 is 15.9 Å². The lowest BCUT2D eigenvalue weighted by molar-refractivity contribution is 0.264. The molecule has 0 amide bonds. The van der Waals surface area contributed by atoms with Crippen LogP contribution in [0.25, 0.3) is 11.5 Å². The van der Waals surface area contributed by atoms with Gasteiger partial charge in [-0.2, -0.15) is 4.98 Å². The molecule has 2 rings (SSSR count). The first-order valence-electron chi connectivity index (χ1n) is 3.99. The third-order valence-corrected chi connectivity index (χ3v) is 2.41. The summed E-state index contributed by atoms with van der Waals surface area (Å²) in [4.78, 5) is 4.00. The highest BCUT2D eigenvalue weighted by Gasteiger charge is 2.10. The summed E-state index contributed by atoms with van der Waals surface area (Å²) in [6, 6.07) is 7.52. The van der Waals surface area contributed by atoms with Crippen LogP contribution in [-0.2, 0) is 6.61 Å². The third-order valence-electron chi connectivity index (χ3n) is 1.71. The summed E-state index contributed by atoms with van der Waals surface area (Å²) >= 11 is 3.37. The van der Waals surface area contributed by atoms with Crippen molar-refractivity contribution in [3.8, 4) is 11.5 Å². The van der Waals surface area contributed by atoms with E-state index in [-0.39, 0.29) is 12.4 Å². The molecule has 0 aliphatic carbocycles. The molecule has 0 saturated carbocycles. The summed E-state index contributed by atoms with van der Waals surface area (Å²) in [5.74, 6) is 0.692. The van der Waals surface area contributed by atoms with Crippen molar-refractivity contribution in [2.75, 3.05) is 0 Å². The zero-order chi connectivity index (χ0) is 9.97. The Morgan fingerprint density at radius 2 is 2.14 bits per heavy atom. The largest absolute Gasteiger partial charge is 0.388 e. The van der Waals surface area contributed by atoms with E-state index in [1.807, 2.05) is 24.3 Å². The molecule has 1 heterocycles. The average molecular weight is 255 g/mol. The van der Waals surface area contributed by atoms with Crippen molar-refractivity contribution < 1.29 is 9.63 Å². The number of halogens is 1. The Morgan fingerprint density at radius 3 is 2.79 bits per heavy atom. The number of rotatable bonds is 2. The standard InChI is InChI=1S/C9H7BrN2O2/c10-7-4-2-1-3-6(7)9-11-8(5-13)12-14-9/h1-4,13H,5H2. The fourth-order valence-electron chi connectivity index (χ4n) is 1.06.